The summed E-state index contributed by atoms with van der Waals surface area (Å²) in [5.41, 5.74) is 3.18. The molecule has 0 saturated heterocycles. The van der Waals surface area contributed by atoms with Crippen molar-refractivity contribution in [3.63, 3.8) is 0 Å². The molecule has 1 amide bonds. The summed E-state index contributed by atoms with van der Waals surface area (Å²) in [6.45, 7) is 3.83. The molecule has 2 aromatic carbocycles. The Bertz CT molecular complexity index is 1260. The maximum absolute atomic E-state index is 12.8. The summed E-state index contributed by atoms with van der Waals surface area (Å²) in [6.07, 6.45) is 1.40. The number of benzene rings is 2. The van der Waals surface area contributed by atoms with Gasteiger partial charge in [-0.3, -0.25) is 14.2 Å². The molecule has 0 aliphatic rings. The molecule has 0 radical (unpaired) electrons. The number of rotatable bonds is 3. The molecule has 5 nitrogen and oxygen atoms in total. The highest BCUT2D eigenvalue weighted by atomic mass is 35.5. The fraction of sp³-hybridized carbons (Fsp3) is 0.150. The summed E-state index contributed by atoms with van der Waals surface area (Å²) in [7, 11) is 0. The molecular formula is C20H16ClN3O2S. The molecule has 27 heavy (non-hydrogen) atoms. The number of aryl methyl sites for hydroxylation is 2. The number of aromatic nitrogens is 2. The molecule has 2 aromatic heterocycles. The first-order chi connectivity index (χ1) is 12.9. The highest BCUT2D eigenvalue weighted by molar-refractivity contribution is 7.25. The minimum absolute atomic E-state index is 0.100. The van der Waals surface area contributed by atoms with Crippen LogP contribution in [0.5, 0.6) is 0 Å². The van der Waals surface area contributed by atoms with Crippen LogP contribution in [0.2, 0.25) is 5.02 Å². The van der Waals surface area contributed by atoms with E-state index in [0.717, 1.165) is 26.9 Å². The van der Waals surface area contributed by atoms with Crippen LogP contribution in [0.15, 0.2) is 47.5 Å². The molecular weight excluding hydrogens is 382 g/mol. The van der Waals surface area contributed by atoms with E-state index in [0.29, 0.717) is 15.2 Å². The van der Waals surface area contributed by atoms with Gasteiger partial charge in [-0.05, 0) is 37.6 Å². The van der Waals surface area contributed by atoms with Gasteiger partial charge in [-0.15, -0.1) is 11.3 Å². The summed E-state index contributed by atoms with van der Waals surface area (Å²) in [5, 5.41) is 4.20. The maximum atomic E-state index is 12.8. The van der Waals surface area contributed by atoms with E-state index in [4.69, 9.17) is 11.6 Å². The van der Waals surface area contributed by atoms with E-state index in [1.807, 2.05) is 44.2 Å². The van der Waals surface area contributed by atoms with Crippen LogP contribution in [0, 0.1) is 13.8 Å². The minimum atomic E-state index is -0.274. The average Bonchev–Trinajstić information content (AvgIpc) is 3.01. The van der Waals surface area contributed by atoms with Crippen LogP contribution in [0.25, 0.3) is 20.3 Å². The molecule has 0 atom stereocenters. The number of anilines is 1. The lowest BCUT2D eigenvalue weighted by molar-refractivity contribution is -0.116. The molecule has 0 spiro atoms. The highest BCUT2D eigenvalue weighted by Crippen LogP contribution is 2.34. The number of nitrogens with zero attached hydrogens (tertiary/aromatic N) is 2. The number of thiophene rings is 1. The minimum Gasteiger partial charge on any atom is -0.324 e. The third-order valence-electron chi connectivity index (χ3n) is 4.39. The number of hydrogen-bond acceptors (Lipinski definition) is 4. The molecule has 0 aliphatic heterocycles. The first-order valence-corrected chi connectivity index (χ1v) is 9.57. The van der Waals surface area contributed by atoms with Crippen LogP contribution in [-0.2, 0) is 11.3 Å². The second kappa shape index (κ2) is 6.79. The Hall–Kier alpha value is -2.70. The van der Waals surface area contributed by atoms with E-state index >= 15 is 0 Å². The molecule has 0 saturated carbocycles. The van der Waals surface area contributed by atoms with Gasteiger partial charge < -0.3 is 5.32 Å². The van der Waals surface area contributed by atoms with Crippen molar-refractivity contribution in [3.8, 4) is 0 Å². The molecule has 1 N–H and O–H groups in total. The fourth-order valence-electron chi connectivity index (χ4n) is 3.08. The molecule has 0 unspecified atom stereocenters. The first kappa shape index (κ1) is 17.7. The Labute approximate surface area is 164 Å². The summed E-state index contributed by atoms with van der Waals surface area (Å²) < 4.78 is 2.73. The van der Waals surface area contributed by atoms with Crippen LogP contribution >= 0.6 is 22.9 Å². The third-order valence-corrected chi connectivity index (χ3v) is 5.84. The quantitative estimate of drug-likeness (QED) is 0.552. The predicted molar refractivity (Wildman–Crippen MR) is 111 cm³/mol. The lowest BCUT2D eigenvalue weighted by Crippen LogP contribution is -2.27. The van der Waals surface area contributed by atoms with Crippen molar-refractivity contribution >= 4 is 54.8 Å². The number of nitrogens with one attached hydrogen (secondary N) is 1. The molecule has 4 aromatic rings. The van der Waals surface area contributed by atoms with Gasteiger partial charge in [0.1, 0.15) is 11.2 Å². The summed E-state index contributed by atoms with van der Waals surface area (Å²) in [4.78, 5) is 29.6. The van der Waals surface area contributed by atoms with E-state index < -0.39 is 0 Å². The smallest absolute Gasteiger partial charge is 0.271 e. The number of carbonyl (C=O) groups excluding carboxylic acids is 1. The monoisotopic (exact) mass is 397 g/mol. The van der Waals surface area contributed by atoms with Crippen molar-refractivity contribution in [2.45, 2.75) is 20.4 Å². The van der Waals surface area contributed by atoms with Crippen molar-refractivity contribution in [3.05, 3.63) is 69.2 Å². The van der Waals surface area contributed by atoms with E-state index in [1.165, 1.54) is 22.2 Å². The van der Waals surface area contributed by atoms with Crippen LogP contribution in [0.4, 0.5) is 5.69 Å². The van der Waals surface area contributed by atoms with Crippen molar-refractivity contribution in [1.29, 1.82) is 0 Å². The summed E-state index contributed by atoms with van der Waals surface area (Å²) in [6, 6.07) is 11.3. The molecule has 136 valence electrons. The second-order valence-corrected chi connectivity index (χ2v) is 7.90. The molecule has 7 heteroatoms. The van der Waals surface area contributed by atoms with Gasteiger partial charge in [0.25, 0.3) is 5.56 Å². The van der Waals surface area contributed by atoms with Gasteiger partial charge in [0.15, 0.2) is 0 Å². The Morgan fingerprint density at radius 1 is 1.26 bits per heavy atom. The van der Waals surface area contributed by atoms with Crippen LogP contribution in [-0.4, -0.2) is 15.5 Å². The number of hydrogen-bond donors (Lipinski definition) is 1. The molecule has 0 fully saturated rings. The normalized spacial score (nSPS) is 11.2. The second-order valence-electron chi connectivity index (χ2n) is 6.44. The Morgan fingerprint density at radius 2 is 2.07 bits per heavy atom. The molecule has 0 aliphatic carbocycles. The summed E-state index contributed by atoms with van der Waals surface area (Å²) in [5.74, 6) is -0.274. The van der Waals surface area contributed by atoms with Gasteiger partial charge in [-0.25, -0.2) is 4.98 Å². The maximum Gasteiger partial charge on any atom is 0.271 e. The SMILES string of the molecule is Cc1ccc(NC(=O)Cn2cnc3c(sc4cccc(Cl)c43)c2=O)c(C)c1. The topological polar surface area (TPSA) is 64.0 Å². The van der Waals surface area contributed by atoms with Crippen LogP contribution in [0.1, 0.15) is 11.1 Å². The number of halogens is 1. The average molecular weight is 398 g/mol. The van der Waals surface area contributed by atoms with E-state index in [2.05, 4.69) is 10.3 Å². The zero-order valence-corrected chi connectivity index (χ0v) is 16.3. The van der Waals surface area contributed by atoms with Gasteiger partial charge >= 0.3 is 0 Å². The predicted octanol–water partition coefficient (Wildman–Crippen LogP) is 4.52. The Morgan fingerprint density at radius 3 is 2.85 bits per heavy atom. The lowest BCUT2D eigenvalue weighted by atomic mass is 10.1. The molecule has 2 heterocycles. The largest absolute Gasteiger partial charge is 0.324 e. The van der Waals surface area contributed by atoms with Crippen molar-refractivity contribution in [2.75, 3.05) is 5.32 Å². The van der Waals surface area contributed by atoms with Gasteiger partial charge in [0.2, 0.25) is 5.91 Å². The number of amides is 1. The van der Waals surface area contributed by atoms with Crippen LogP contribution < -0.4 is 10.9 Å². The first-order valence-electron chi connectivity index (χ1n) is 8.37. The van der Waals surface area contributed by atoms with Crippen molar-refractivity contribution in [1.82, 2.24) is 9.55 Å². The summed E-state index contributed by atoms with van der Waals surface area (Å²) >= 11 is 7.60. The Balaban J connectivity index is 1.67. The van der Waals surface area contributed by atoms with Crippen LogP contribution in [0.3, 0.4) is 0 Å². The van der Waals surface area contributed by atoms with E-state index in [9.17, 15) is 9.59 Å². The zero-order chi connectivity index (χ0) is 19.1. The lowest BCUT2D eigenvalue weighted by Gasteiger charge is -2.10. The standard InChI is InChI=1S/C20H16ClN3O2S/c1-11-6-7-14(12(2)8-11)23-16(25)9-24-10-22-18-17-13(21)4-3-5-15(17)27-19(18)20(24)26/h3-8,10H,9H2,1-2H3,(H,23,25). The van der Waals surface area contributed by atoms with E-state index in [1.54, 1.807) is 6.07 Å². The van der Waals surface area contributed by atoms with E-state index in [-0.39, 0.29) is 18.0 Å². The zero-order valence-electron chi connectivity index (χ0n) is 14.7. The van der Waals surface area contributed by atoms with Gasteiger partial charge in [0, 0.05) is 15.8 Å². The fourth-order valence-corrected chi connectivity index (χ4v) is 4.53. The van der Waals surface area contributed by atoms with Gasteiger partial charge in [0.05, 0.1) is 16.9 Å². The number of fused-ring (bicyclic) bond motifs is 3. The van der Waals surface area contributed by atoms with Crippen molar-refractivity contribution < 1.29 is 4.79 Å². The molecule has 4 rings (SSSR count). The number of carbonyl (C=O) groups is 1. The highest BCUT2D eigenvalue weighted by Gasteiger charge is 2.15. The third kappa shape index (κ3) is 3.22. The molecule has 0 bridgehead atoms. The van der Waals surface area contributed by atoms with Crippen molar-refractivity contribution in [2.24, 2.45) is 0 Å². The van der Waals surface area contributed by atoms with Gasteiger partial charge in [-0.2, -0.15) is 0 Å². The van der Waals surface area contributed by atoms with Gasteiger partial charge in [-0.1, -0.05) is 35.4 Å². The Kier molecular flexibility index (Phi) is 4.45.